The first-order valence-corrected chi connectivity index (χ1v) is 13.5. The molecule has 1 heterocycles. The van der Waals surface area contributed by atoms with Gasteiger partial charge in [0.05, 0.1) is 29.8 Å². The van der Waals surface area contributed by atoms with Gasteiger partial charge in [-0.15, -0.1) is 0 Å². The van der Waals surface area contributed by atoms with Gasteiger partial charge in [0.1, 0.15) is 17.0 Å². The Morgan fingerprint density at radius 1 is 1.31 bits per heavy atom. The number of hydrogen-bond acceptors (Lipinski definition) is 6. The lowest BCUT2D eigenvalue weighted by Crippen LogP contribution is -2.46. The van der Waals surface area contributed by atoms with E-state index in [0.717, 1.165) is 6.07 Å². The normalized spacial score (nSPS) is 23.8. The third-order valence-corrected chi connectivity index (χ3v) is 8.01. The number of aliphatic hydroxyl groups is 2. The molecule has 6 N–H and O–H groups in total. The monoisotopic (exact) mass is 582 g/mol. The first kappa shape index (κ1) is 31.2. The summed E-state index contributed by atoms with van der Waals surface area (Å²) in [4.78, 5) is 13.6. The molecule has 3 rings (SSSR count). The van der Waals surface area contributed by atoms with E-state index in [9.17, 15) is 15.2 Å². The second kappa shape index (κ2) is 12.9. The molecule has 11 heteroatoms. The number of aliphatic hydroxyl groups excluding tert-OH is 2. The van der Waals surface area contributed by atoms with E-state index in [4.69, 9.17) is 34.0 Å². The molecular weight excluding hydrogens is 549 g/mol. The summed E-state index contributed by atoms with van der Waals surface area (Å²) in [5.41, 5.74) is 3.62. The highest BCUT2D eigenvalue weighted by molar-refractivity contribution is 6.31. The molecule has 1 saturated heterocycles. The van der Waals surface area contributed by atoms with E-state index in [1.165, 1.54) is 30.3 Å². The third kappa shape index (κ3) is 6.54. The van der Waals surface area contributed by atoms with E-state index in [-0.39, 0.29) is 34.1 Å². The molecule has 2 aromatic carbocycles. The largest absolute Gasteiger partial charge is 0.394 e. The van der Waals surface area contributed by atoms with Crippen LogP contribution < -0.4 is 16.4 Å². The number of rotatable bonds is 11. The molecule has 4 unspecified atom stereocenters. The van der Waals surface area contributed by atoms with Crippen molar-refractivity contribution in [2.45, 2.75) is 62.6 Å². The fourth-order valence-corrected chi connectivity index (χ4v) is 5.89. The van der Waals surface area contributed by atoms with Crippen molar-refractivity contribution < 1.29 is 23.8 Å². The Bertz CT molecular complexity index is 1230. The Labute approximate surface area is 237 Å². The first-order valence-electron chi connectivity index (χ1n) is 12.7. The Kier molecular flexibility index (Phi) is 10.3. The Morgan fingerprint density at radius 2 is 2.03 bits per heavy atom. The minimum absolute atomic E-state index is 0.0134. The number of carbonyl (C=O) groups is 1. The van der Waals surface area contributed by atoms with Gasteiger partial charge >= 0.3 is 0 Å². The molecule has 0 aliphatic carbocycles. The zero-order valence-electron chi connectivity index (χ0n) is 21.9. The van der Waals surface area contributed by atoms with E-state index in [2.05, 4.69) is 16.7 Å². The van der Waals surface area contributed by atoms with Crippen LogP contribution in [0.4, 0.5) is 8.78 Å². The van der Waals surface area contributed by atoms with Crippen LogP contribution in [0.15, 0.2) is 36.4 Å². The molecule has 1 aliphatic rings. The maximum absolute atomic E-state index is 15.7. The van der Waals surface area contributed by atoms with Crippen LogP contribution in [0.25, 0.3) is 0 Å². The summed E-state index contributed by atoms with van der Waals surface area (Å²) in [6.07, 6.45) is -0.0602. The number of halogens is 4. The Hall–Kier alpha value is -2.32. The van der Waals surface area contributed by atoms with Gasteiger partial charge in [0, 0.05) is 29.1 Å². The fraction of sp³-hybridized carbons (Fsp3) is 0.500. The molecule has 1 fully saturated rings. The number of nitriles is 1. The lowest BCUT2D eigenvalue weighted by molar-refractivity contribution is -0.123. The van der Waals surface area contributed by atoms with E-state index < -0.39 is 59.1 Å². The van der Waals surface area contributed by atoms with Crippen LogP contribution in [-0.4, -0.2) is 54.0 Å². The molecule has 5 atom stereocenters. The lowest BCUT2D eigenvalue weighted by Gasteiger charge is -2.38. The minimum atomic E-state index is -1.75. The highest BCUT2D eigenvalue weighted by atomic mass is 35.5. The van der Waals surface area contributed by atoms with Crippen LogP contribution in [-0.2, 0) is 10.2 Å². The second-order valence-corrected chi connectivity index (χ2v) is 11.6. The zero-order chi connectivity index (χ0) is 29.0. The third-order valence-electron chi connectivity index (χ3n) is 7.48. The van der Waals surface area contributed by atoms with Crippen LogP contribution in [0.3, 0.4) is 0 Å². The van der Waals surface area contributed by atoms with Crippen LogP contribution in [0, 0.1) is 28.4 Å². The van der Waals surface area contributed by atoms with Gasteiger partial charge in [0.25, 0.3) is 0 Å². The molecule has 1 amide bonds. The van der Waals surface area contributed by atoms with E-state index in [0.29, 0.717) is 19.4 Å². The summed E-state index contributed by atoms with van der Waals surface area (Å²) in [6, 6.07) is 8.58. The molecule has 0 saturated carbocycles. The van der Waals surface area contributed by atoms with E-state index >= 15 is 8.78 Å². The second-order valence-electron chi connectivity index (χ2n) is 10.7. The summed E-state index contributed by atoms with van der Waals surface area (Å²) in [7, 11) is 0. The molecule has 7 nitrogen and oxygen atoms in total. The van der Waals surface area contributed by atoms with E-state index in [1.54, 1.807) is 0 Å². The zero-order valence-corrected chi connectivity index (χ0v) is 23.4. The van der Waals surface area contributed by atoms with Gasteiger partial charge in [-0.2, -0.15) is 5.26 Å². The first-order chi connectivity index (χ1) is 18.4. The topological polar surface area (TPSA) is 131 Å². The maximum atomic E-state index is 15.7. The van der Waals surface area contributed by atoms with Gasteiger partial charge in [-0.05, 0) is 55.0 Å². The summed E-state index contributed by atoms with van der Waals surface area (Å²) in [5, 5.41) is 35.5. The van der Waals surface area contributed by atoms with Crippen molar-refractivity contribution in [2.75, 3.05) is 19.7 Å². The number of amides is 1. The molecule has 0 spiro atoms. The molecule has 0 radical (unpaired) electrons. The number of nitrogens with one attached hydrogen (secondary N) is 2. The number of nitrogens with zero attached hydrogens (tertiary/aromatic N) is 1. The average molecular weight is 584 g/mol. The van der Waals surface area contributed by atoms with Crippen LogP contribution in [0.5, 0.6) is 0 Å². The Balaban J connectivity index is 2.25. The van der Waals surface area contributed by atoms with Crippen molar-refractivity contribution in [3.8, 4) is 6.07 Å². The average Bonchev–Trinajstić information content (AvgIpc) is 3.19. The molecule has 2 aromatic rings. The van der Waals surface area contributed by atoms with Gasteiger partial charge in [-0.25, -0.2) is 8.78 Å². The number of hydrogen-bond donors (Lipinski definition) is 5. The number of carbonyl (C=O) groups excluding carboxylic acids is 1. The van der Waals surface area contributed by atoms with Crippen molar-refractivity contribution in [3.63, 3.8) is 0 Å². The molecule has 39 heavy (non-hydrogen) atoms. The standard InChI is InChI=1S/C28H34Cl2F2N4O3/c1-27(2,9-10-33)13-22-28(15-34,19-7-6-16(29)12-21(19)31)23(18-4-3-5-20(30)24(18)32)25(36-22)26(39)35-11-8-17(38)14-37/h3-7,12,17,22-23,25,36-38H,8-11,13-14,33H2,1-2H3,(H,35,39)/t17-,22?,23?,25?,28?/m0/s1. The van der Waals surface area contributed by atoms with Gasteiger partial charge in [0.2, 0.25) is 5.91 Å². The maximum Gasteiger partial charge on any atom is 0.237 e. The molecule has 0 aromatic heterocycles. The quantitative estimate of drug-likeness (QED) is 0.274. The van der Waals surface area contributed by atoms with E-state index in [1.807, 2.05) is 13.8 Å². The Morgan fingerprint density at radius 3 is 2.64 bits per heavy atom. The summed E-state index contributed by atoms with van der Waals surface area (Å²) in [6.45, 7) is 3.83. The molecule has 212 valence electrons. The smallest absolute Gasteiger partial charge is 0.237 e. The summed E-state index contributed by atoms with van der Waals surface area (Å²) in [5.74, 6) is -3.33. The van der Waals surface area contributed by atoms with Crippen LogP contribution in [0.2, 0.25) is 10.0 Å². The van der Waals surface area contributed by atoms with Gasteiger partial charge < -0.3 is 26.6 Å². The minimum Gasteiger partial charge on any atom is -0.394 e. The van der Waals surface area contributed by atoms with Gasteiger partial charge in [-0.3, -0.25) is 4.79 Å². The fourth-order valence-electron chi connectivity index (χ4n) is 5.55. The van der Waals surface area contributed by atoms with Crippen LogP contribution in [0.1, 0.15) is 50.2 Å². The molecule has 0 bridgehead atoms. The summed E-state index contributed by atoms with van der Waals surface area (Å²) >= 11 is 12.2. The molecular formula is C28H34Cl2F2N4O3. The number of nitrogens with two attached hydrogens (primary N) is 1. The highest BCUT2D eigenvalue weighted by Crippen LogP contribution is 2.53. The van der Waals surface area contributed by atoms with Gasteiger partial charge in [-0.1, -0.05) is 55.2 Å². The van der Waals surface area contributed by atoms with Gasteiger partial charge in [0.15, 0.2) is 0 Å². The van der Waals surface area contributed by atoms with Crippen molar-refractivity contribution in [1.29, 1.82) is 5.26 Å². The highest BCUT2D eigenvalue weighted by Gasteiger charge is 2.61. The van der Waals surface area contributed by atoms with Crippen molar-refractivity contribution >= 4 is 29.1 Å². The van der Waals surface area contributed by atoms with Crippen molar-refractivity contribution in [2.24, 2.45) is 11.1 Å². The van der Waals surface area contributed by atoms with Crippen molar-refractivity contribution in [1.82, 2.24) is 10.6 Å². The SMILES string of the molecule is CC(C)(CCN)CC1NC(C(=O)NCC[C@H](O)CO)C(c2cccc(Cl)c2F)C1(C#N)c1ccc(Cl)cc1F. The predicted octanol–water partition coefficient (Wildman–Crippen LogP) is 3.78. The predicted molar refractivity (Wildman–Crippen MR) is 146 cm³/mol. The van der Waals surface area contributed by atoms with Crippen LogP contribution >= 0.6 is 23.2 Å². The van der Waals surface area contributed by atoms with Crippen molar-refractivity contribution in [3.05, 3.63) is 69.2 Å². The number of benzene rings is 2. The molecule has 1 aliphatic heterocycles. The summed E-state index contributed by atoms with van der Waals surface area (Å²) < 4.78 is 31.3. The lowest BCUT2D eigenvalue weighted by atomic mass is 9.62.